The lowest BCUT2D eigenvalue weighted by atomic mass is 10.3. The van der Waals surface area contributed by atoms with Crippen LogP contribution in [0.4, 0.5) is 10.1 Å². The van der Waals surface area contributed by atoms with Crippen LogP contribution in [0.25, 0.3) is 0 Å². The Balaban J connectivity index is 0.00000484. The lowest BCUT2D eigenvalue weighted by Crippen LogP contribution is -2.41. The summed E-state index contributed by atoms with van der Waals surface area (Å²) in [6, 6.07) is 5.65. The first-order valence-electron chi connectivity index (χ1n) is 7.14. The highest BCUT2D eigenvalue weighted by molar-refractivity contribution is 14.0. The largest absolute Gasteiger partial charge is 0.356 e. The van der Waals surface area contributed by atoms with E-state index in [0.717, 1.165) is 25.1 Å². The van der Waals surface area contributed by atoms with E-state index in [1.54, 1.807) is 7.05 Å². The Labute approximate surface area is 158 Å². The van der Waals surface area contributed by atoms with Crippen LogP contribution in [-0.4, -0.2) is 44.0 Å². The van der Waals surface area contributed by atoms with Crippen molar-refractivity contribution >= 4 is 53.3 Å². The molecule has 0 heterocycles. The number of halogens is 2. The van der Waals surface area contributed by atoms with Gasteiger partial charge in [0.1, 0.15) is 5.82 Å². The Morgan fingerprint density at radius 2 is 1.91 bits per heavy atom. The molecule has 1 aromatic carbocycles. The summed E-state index contributed by atoms with van der Waals surface area (Å²) >= 11 is 1.83. The van der Waals surface area contributed by atoms with E-state index in [1.807, 2.05) is 11.8 Å². The molecule has 5 nitrogen and oxygen atoms in total. The highest BCUT2D eigenvalue weighted by Gasteiger charge is 2.04. The Bertz CT molecular complexity index is 485. The second kappa shape index (κ2) is 13.4. The predicted molar refractivity (Wildman–Crippen MR) is 107 cm³/mol. The number of anilines is 1. The molecule has 0 bridgehead atoms. The van der Waals surface area contributed by atoms with Gasteiger partial charge in [0.25, 0.3) is 0 Å². The van der Waals surface area contributed by atoms with Crippen LogP contribution in [0.3, 0.4) is 0 Å². The van der Waals surface area contributed by atoms with Gasteiger partial charge in [-0.1, -0.05) is 0 Å². The van der Waals surface area contributed by atoms with Crippen molar-refractivity contribution in [2.75, 3.05) is 37.5 Å². The van der Waals surface area contributed by atoms with Crippen LogP contribution in [0.15, 0.2) is 29.3 Å². The van der Waals surface area contributed by atoms with Crippen molar-refractivity contribution in [1.29, 1.82) is 0 Å². The second-order valence-electron chi connectivity index (χ2n) is 4.61. The third kappa shape index (κ3) is 10.4. The van der Waals surface area contributed by atoms with E-state index in [0.29, 0.717) is 11.6 Å². The quantitative estimate of drug-likeness (QED) is 0.245. The molecular weight excluding hydrogens is 430 g/mol. The molecule has 8 heteroatoms. The van der Waals surface area contributed by atoms with Gasteiger partial charge in [-0.3, -0.25) is 9.79 Å². The fraction of sp³-hybridized carbons (Fsp3) is 0.467. The molecule has 3 N–H and O–H groups in total. The van der Waals surface area contributed by atoms with E-state index in [-0.39, 0.29) is 42.2 Å². The van der Waals surface area contributed by atoms with E-state index >= 15 is 0 Å². The number of amides is 1. The van der Waals surface area contributed by atoms with Crippen molar-refractivity contribution in [2.24, 2.45) is 4.99 Å². The topological polar surface area (TPSA) is 65.5 Å². The van der Waals surface area contributed by atoms with Gasteiger partial charge in [0.2, 0.25) is 5.91 Å². The minimum atomic E-state index is -0.331. The summed E-state index contributed by atoms with van der Waals surface area (Å²) < 4.78 is 12.8. The minimum absolute atomic E-state index is 0. The maximum Gasteiger partial charge on any atom is 0.243 e. The summed E-state index contributed by atoms with van der Waals surface area (Å²) in [6.07, 6.45) is 4.30. The van der Waals surface area contributed by atoms with Gasteiger partial charge < -0.3 is 16.0 Å². The number of thioether (sulfide) groups is 1. The number of hydrogen-bond donors (Lipinski definition) is 3. The molecule has 1 rings (SSSR count). The van der Waals surface area contributed by atoms with Crippen molar-refractivity contribution < 1.29 is 9.18 Å². The lowest BCUT2D eigenvalue weighted by Gasteiger charge is -2.12. The van der Waals surface area contributed by atoms with Crippen LogP contribution < -0.4 is 16.0 Å². The van der Waals surface area contributed by atoms with E-state index in [4.69, 9.17) is 0 Å². The fourth-order valence-electron chi connectivity index (χ4n) is 1.70. The smallest absolute Gasteiger partial charge is 0.243 e. The normalized spacial score (nSPS) is 10.7. The van der Waals surface area contributed by atoms with Crippen molar-refractivity contribution in [3.63, 3.8) is 0 Å². The first-order chi connectivity index (χ1) is 10.7. The summed E-state index contributed by atoms with van der Waals surface area (Å²) in [4.78, 5) is 15.8. The number of rotatable bonds is 8. The van der Waals surface area contributed by atoms with E-state index < -0.39 is 0 Å². The van der Waals surface area contributed by atoms with Crippen LogP contribution in [0, 0.1) is 5.82 Å². The third-order valence-electron chi connectivity index (χ3n) is 2.84. The number of carbonyl (C=O) groups is 1. The standard InChI is InChI=1S/C15H23FN4OS.HI/c1-17-15(18-9-3-4-10-22-2)19-11-14(21)20-13-7-5-12(16)6-8-13;/h5-8H,3-4,9-11H2,1-2H3,(H,20,21)(H2,17,18,19);1H. The molecule has 0 aliphatic rings. The Kier molecular flexibility index (Phi) is 12.8. The number of carbonyl (C=O) groups excluding carboxylic acids is 1. The molecule has 0 fully saturated rings. The molecule has 0 aliphatic carbocycles. The minimum Gasteiger partial charge on any atom is -0.356 e. The SMILES string of the molecule is CN=C(NCCCCSC)NCC(=O)Nc1ccc(F)cc1.I. The number of guanidine groups is 1. The highest BCUT2D eigenvalue weighted by atomic mass is 127. The van der Waals surface area contributed by atoms with Gasteiger partial charge in [-0.05, 0) is 49.1 Å². The van der Waals surface area contributed by atoms with Gasteiger partial charge in [0.05, 0.1) is 6.54 Å². The average Bonchev–Trinajstić information content (AvgIpc) is 2.52. The van der Waals surface area contributed by atoms with Gasteiger partial charge in [-0.25, -0.2) is 4.39 Å². The number of nitrogens with zero attached hydrogens (tertiary/aromatic N) is 1. The maximum atomic E-state index is 12.8. The zero-order valence-corrected chi connectivity index (χ0v) is 16.5. The van der Waals surface area contributed by atoms with Crippen molar-refractivity contribution in [2.45, 2.75) is 12.8 Å². The van der Waals surface area contributed by atoms with Crippen LogP contribution in [0.2, 0.25) is 0 Å². The first-order valence-corrected chi connectivity index (χ1v) is 8.54. The molecule has 0 aromatic heterocycles. The second-order valence-corrected chi connectivity index (χ2v) is 5.59. The van der Waals surface area contributed by atoms with Gasteiger partial charge in [-0.15, -0.1) is 24.0 Å². The Morgan fingerprint density at radius 1 is 1.22 bits per heavy atom. The van der Waals surface area contributed by atoms with E-state index in [1.165, 1.54) is 24.3 Å². The molecule has 0 unspecified atom stereocenters. The molecule has 23 heavy (non-hydrogen) atoms. The monoisotopic (exact) mass is 454 g/mol. The van der Waals surface area contributed by atoms with E-state index in [2.05, 4.69) is 27.2 Å². The summed E-state index contributed by atoms with van der Waals surface area (Å²) in [5, 5.41) is 8.77. The molecule has 1 amide bonds. The number of hydrogen-bond acceptors (Lipinski definition) is 3. The highest BCUT2D eigenvalue weighted by Crippen LogP contribution is 2.07. The molecule has 1 aromatic rings. The van der Waals surface area contributed by atoms with Crippen molar-refractivity contribution in [3.8, 4) is 0 Å². The molecule has 0 atom stereocenters. The summed E-state index contributed by atoms with van der Waals surface area (Å²) in [6.45, 7) is 0.918. The van der Waals surface area contributed by atoms with Gasteiger partial charge in [-0.2, -0.15) is 11.8 Å². The van der Waals surface area contributed by atoms with Crippen molar-refractivity contribution in [1.82, 2.24) is 10.6 Å². The van der Waals surface area contributed by atoms with E-state index in [9.17, 15) is 9.18 Å². The van der Waals surface area contributed by atoms with Gasteiger partial charge >= 0.3 is 0 Å². The molecule has 0 spiro atoms. The number of nitrogens with one attached hydrogen (secondary N) is 3. The molecule has 0 radical (unpaired) electrons. The molecule has 0 saturated carbocycles. The first kappa shape index (κ1) is 22.0. The Hall–Kier alpha value is -1.03. The summed E-state index contributed by atoms with van der Waals surface area (Å²) in [7, 11) is 1.66. The number of benzene rings is 1. The zero-order valence-electron chi connectivity index (χ0n) is 13.4. The molecule has 130 valence electrons. The molecular formula is C15H24FIN4OS. The van der Waals surface area contributed by atoms with Crippen molar-refractivity contribution in [3.05, 3.63) is 30.1 Å². The van der Waals surface area contributed by atoms with Crippen LogP contribution in [-0.2, 0) is 4.79 Å². The number of unbranched alkanes of at least 4 members (excludes halogenated alkanes) is 1. The maximum absolute atomic E-state index is 12.8. The summed E-state index contributed by atoms with van der Waals surface area (Å²) in [5.41, 5.74) is 0.563. The van der Waals surface area contributed by atoms with Crippen LogP contribution >= 0.6 is 35.7 Å². The number of aliphatic imine (C=N–C) groups is 1. The van der Waals surface area contributed by atoms with Gasteiger partial charge in [0, 0.05) is 19.3 Å². The predicted octanol–water partition coefficient (Wildman–Crippen LogP) is 2.69. The lowest BCUT2D eigenvalue weighted by molar-refractivity contribution is -0.115. The molecule has 0 aliphatic heterocycles. The van der Waals surface area contributed by atoms with Gasteiger partial charge in [0.15, 0.2) is 5.96 Å². The third-order valence-corrected chi connectivity index (χ3v) is 3.53. The average molecular weight is 454 g/mol. The summed E-state index contributed by atoms with van der Waals surface area (Å²) in [5.74, 6) is 1.20. The molecule has 0 saturated heterocycles. The van der Waals surface area contributed by atoms with Crippen LogP contribution in [0.1, 0.15) is 12.8 Å². The Morgan fingerprint density at radius 3 is 2.52 bits per heavy atom. The van der Waals surface area contributed by atoms with Crippen LogP contribution in [0.5, 0.6) is 0 Å². The zero-order chi connectivity index (χ0) is 16.2. The fourth-order valence-corrected chi connectivity index (χ4v) is 2.19.